The van der Waals surface area contributed by atoms with Crippen LogP contribution in [-0.2, 0) is 0 Å². The maximum atomic E-state index is 9.10. The highest BCUT2D eigenvalue weighted by molar-refractivity contribution is 5.21. The van der Waals surface area contributed by atoms with Crippen LogP contribution >= 0.6 is 0 Å². The summed E-state index contributed by atoms with van der Waals surface area (Å²) in [6, 6.07) is 2.26. The van der Waals surface area contributed by atoms with Crippen LogP contribution in [0.3, 0.4) is 0 Å². The van der Waals surface area contributed by atoms with Gasteiger partial charge >= 0.3 is 0 Å². The third-order valence-corrected chi connectivity index (χ3v) is 3.29. The van der Waals surface area contributed by atoms with Crippen molar-refractivity contribution in [2.24, 2.45) is 0 Å². The molecule has 0 bridgehead atoms. The van der Waals surface area contributed by atoms with E-state index in [1.807, 2.05) is 19.1 Å². The molecular formula is C19H29NO. The van der Waals surface area contributed by atoms with Crippen molar-refractivity contribution in [2.75, 3.05) is 6.61 Å². The van der Waals surface area contributed by atoms with E-state index < -0.39 is 0 Å². The summed E-state index contributed by atoms with van der Waals surface area (Å²) in [7, 11) is 0. The van der Waals surface area contributed by atoms with Gasteiger partial charge in [0.25, 0.3) is 0 Å². The fourth-order valence-corrected chi connectivity index (χ4v) is 1.88. The minimum atomic E-state index is 0.0970. The lowest BCUT2D eigenvalue weighted by Crippen LogP contribution is -1.85. The van der Waals surface area contributed by atoms with Gasteiger partial charge in [-0.1, -0.05) is 34.9 Å². The van der Waals surface area contributed by atoms with Gasteiger partial charge in [-0.2, -0.15) is 5.26 Å². The lowest BCUT2D eigenvalue weighted by Gasteiger charge is -2.01. The lowest BCUT2D eigenvalue weighted by atomic mass is 10.0. The Bertz CT molecular complexity index is 447. The molecule has 0 spiro atoms. The number of hydrogen-bond acceptors (Lipinski definition) is 2. The maximum Gasteiger partial charge on any atom is 0.0943 e. The fourth-order valence-electron chi connectivity index (χ4n) is 1.88. The first-order valence-corrected chi connectivity index (χ1v) is 7.65. The Morgan fingerprint density at radius 2 is 1.52 bits per heavy atom. The molecule has 21 heavy (non-hydrogen) atoms. The van der Waals surface area contributed by atoms with Crippen LogP contribution in [0.25, 0.3) is 0 Å². The fraction of sp³-hybridized carbons (Fsp3) is 0.526. The first-order valence-electron chi connectivity index (χ1n) is 7.65. The molecule has 0 radical (unpaired) electrons. The van der Waals surface area contributed by atoms with Crippen LogP contribution in [0.4, 0.5) is 0 Å². The van der Waals surface area contributed by atoms with Crippen molar-refractivity contribution in [1.82, 2.24) is 0 Å². The molecule has 0 aliphatic rings. The average Bonchev–Trinajstić information content (AvgIpc) is 2.44. The van der Waals surface area contributed by atoms with Crippen LogP contribution < -0.4 is 0 Å². The van der Waals surface area contributed by atoms with Crippen molar-refractivity contribution in [1.29, 1.82) is 5.26 Å². The molecule has 0 aromatic rings. The van der Waals surface area contributed by atoms with Gasteiger partial charge in [0, 0.05) is 5.57 Å². The third kappa shape index (κ3) is 11.9. The molecule has 0 heterocycles. The maximum absolute atomic E-state index is 9.10. The zero-order valence-electron chi connectivity index (χ0n) is 13.8. The quantitative estimate of drug-likeness (QED) is 0.441. The van der Waals surface area contributed by atoms with E-state index in [-0.39, 0.29) is 6.61 Å². The monoisotopic (exact) mass is 287 g/mol. The topological polar surface area (TPSA) is 44.0 Å². The molecule has 2 nitrogen and oxygen atoms in total. The Labute approximate surface area is 130 Å². The van der Waals surface area contributed by atoms with Crippen LogP contribution in [-0.4, -0.2) is 11.7 Å². The summed E-state index contributed by atoms with van der Waals surface area (Å²) in [6.07, 6.45) is 11.9. The number of aliphatic hydroxyl groups excluding tert-OH is 1. The van der Waals surface area contributed by atoms with Crippen molar-refractivity contribution in [3.63, 3.8) is 0 Å². The minimum absolute atomic E-state index is 0.0970. The summed E-state index contributed by atoms with van der Waals surface area (Å²) in [5.74, 6) is 0. The molecule has 0 fully saturated rings. The molecule has 0 aromatic heterocycles. The van der Waals surface area contributed by atoms with Gasteiger partial charge in [0.1, 0.15) is 0 Å². The van der Waals surface area contributed by atoms with Gasteiger partial charge in [-0.15, -0.1) is 6.58 Å². The second-order valence-corrected chi connectivity index (χ2v) is 5.67. The molecular weight excluding hydrogens is 258 g/mol. The third-order valence-electron chi connectivity index (χ3n) is 3.29. The Kier molecular flexibility index (Phi) is 11.3. The number of rotatable bonds is 10. The molecule has 0 rings (SSSR count). The molecule has 116 valence electrons. The predicted octanol–water partition coefficient (Wildman–Crippen LogP) is 5.24. The van der Waals surface area contributed by atoms with Crippen molar-refractivity contribution in [3.05, 3.63) is 47.1 Å². The van der Waals surface area contributed by atoms with E-state index in [1.165, 1.54) is 11.1 Å². The summed E-state index contributed by atoms with van der Waals surface area (Å²) < 4.78 is 0. The van der Waals surface area contributed by atoms with E-state index in [9.17, 15) is 0 Å². The van der Waals surface area contributed by atoms with Crippen LogP contribution in [0.1, 0.15) is 59.3 Å². The molecule has 0 saturated carbocycles. The van der Waals surface area contributed by atoms with Gasteiger partial charge in [0.05, 0.1) is 12.7 Å². The molecule has 0 atom stereocenters. The summed E-state index contributed by atoms with van der Waals surface area (Å²) >= 11 is 0. The summed E-state index contributed by atoms with van der Waals surface area (Å²) in [5.41, 5.74) is 4.40. The predicted molar refractivity (Wildman–Crippen MR) is 90.8 cm³/mol. The summed E-state index contributed by atoms with van der Waals surface area (Å²) in [4.78, 5) is 0. The Morgan fingerprint density at radius 3 is 2.10 bits per heavy atom. The molecule has 0 saturated heterocycles. The highest BCUT2D eigenvalue weighted by Crippen LogP contribution is 2.13. The van der Waals surface area contributed by atoms with Crippen LogP contribution in [0.2, 0.25) is 0 Å². The zero-order chi connectivity index (χ0) is 16.1. The van der Waals surface area contributed by atoms with E-state index in [2.05, 4.69) is 32.6 Å². The molecule has 0 unspecified atom stereocenters. The average molecular weight is 287 g/mol. The summed E-state index contributed by atoms with van der Waals surface area (Å²) in [6.45, 7) is 10.1. The van der Waals surface area contributed by atoms with Gasteiger partial charge in [-0.25, -0.2) is 0 Å². The highest BCUT2D eigenvalue weighted by Gasteiger charge is 1.96. The molecule has 0 amide bonds. The number of allylic oxidation sites excluding steroid dienone is 6. The largest absolute Gasteiger partial charge is 0.392 e. The molecule has 2 heteroatoms. The molecule has 0 aliphatic carbocycles. The van der Waals surface area contributed by atoms with Gasteiger partial charge < -0.3 is 5.11 Å². The standard InChI is InChI=1S/C19H29NO/c1-16(2)8-5-9-17(3)10-6-12-19(14-20)13-7-11-18(4)15-21/h9,11-12,21H,1,5-8,10,13,15H2,2-4H3/b17-9+,18-11+,19-12-. The van der Waals surface area contributed by atoms with Crippen molar-refractivity contribution in [3.8, 4) is 6.07 Å². The van der Waals surface area contributed by atoms with E-state index in [4.69, 9.17) is 10.4 Å². The smallest absolute Gasteiger partial charge is 0.0943 e. The van der Waals surface area contributed by atoms with E-state index in [0.717, 1.165) is 49.7 Å². The first kappa shape index (κ1) is 19.4. The van der Waals surface area contributed by atoms with Crippen molar-refractivity contribution in [2.45, 2.75) is 59.3 Å². The number of nitriles is 1. The normalized spacial score (nSPS) is 13.2. The van der Waals surface area contributed by atoms with Crippen LogP contribution in [0.15, 0.2) is 47.1 Å². The second kappa shape index (κ2) is 12.2. The molecule has 0 aromatic carbocycles. The van der Waals surface area contributed by atoms with Gasteiger partial charge in [0.15, 0.2) is 0 Å². The Hall–Kier alpha value is -1.59. The zero-order valence-corrected chi connectivity index (χ0v) is 13.8. The number of hydrogen-bond donors (Lipinski definition) is 1. The van der Waals surface area contributed by atoms with Crippen molar-refractivity contribution >= 4 is 0 Å². The van der Waals surface area contributed by atoms with E-state index in [1.54, 1.807) is 0 Å². The molecule has 1 N–H and O–H groups in total. The van der Waals surface area contributed by atoms with Crippen LogP contribution in [0, 0.1) is 11.3 Å². The highest BCUT2D eigenvalue weighted by atomic mass is 16.3. The van der Waals surface area contributed by atoms with Gasteiger partial charge in [-0.3, -0.25) is 0 Å². The number of aliphatic hydroxyl groups is 1. The Balaban J connectivity index is 4.13. The van der Waals surface area contributed by atoms with E-state index in [0.29, 0.717) is 0 Å². The van der Waals surface area contributed by atoms with Crippen LogP contribution in [0.5, 0.6) is 0 Å². The lowest BCUT2D eigenvalue weighted by molar-refractivity contribution is 0.331. The number of nitrogens with zero attached hydrogens (tertiary/aromatic N) is 1. The first-order chi connectivity index (χ1) is 9.99. The second-order valence-electron chi connectivity index (χ2n) is 5.67. The summed E-state index contributed by atoms with van der Waals surface area (Å²) in [5, 5.41) is 18.0. The Morgan fingerprint density at radius 1 is 0.952 bits per heavy atom. The molecule has 0 aliphatic heterocycles. The SMILES string of the molecule is C=C(C)CC/C=C(\C)CC/C=C(\C#N)CC/C=C(\C)CO. The van der Waals surface area contributed by atoms with E-state index >= 15 is 0 Å². The van der Waals surface area contributed by atoms with Gasteiger partial charge in [0.2, 0.25) is 0 Å². The minimum Gasteiger partial charge on any atom is -0.392 e. The van der Waals surface area contributed by atoms with Crippen molar-refractivity contribution < 1.29 is 5.11 Å². The van der Waals surface area contributed by atoms with Gasteiger partial charge in [-0.05, 0) is 59.3 Å².